The van der Waals surface area contributed by atoms with Gasteiger partial charge in [-0.05, 0) is 44.9 Å². The third-order valence-electron chi connectivity index (χ3n) is 11.1. The number of amides is 1. The maximum atomic E-state index is 10.2. The van der Waals surface area contributed by atoms with Crippen LogP contribution in [0, 0.1) is 0 Å². The summed E-state index contributed by atoms with van der Waals surface area (Å²) in [5, 5.41) is 36.7. The molecule has 0 aromatic carbocycles. The summed E-state index contributed by atoms with van der Waals surface area (Å²) in [6.07, 6.45) is 42.3. The standard InChI is InChI=1S/C25H52O5.C24H48O4.C2H6N2O/c1-2-3-4-5-6-7-8-9-10-11-12-13-14-16-19-29-23-25(22-27)30-20-17-15-18-24(28)21-26;1-2-3-4-5-6-7-8-9-10-11-12-13-14-17-20-27-23-24(22-26)28-21-18-15-16-19-25;1-2(5)4-3/h24-28H,2-23H2,1H3;19,24,26H,2-18,20-23H2,1H3;3H2,1H3,(H,4,5). The summed E-state index contributed by atoms with van der Waals surface area (Å²) >= 11 is 0. The molecule has 3 atom stereocenters. The number of nitrogens with two attached hydrogens (primary N) is 1. The quantitative estimate of drug-likeness (QED) is 0.0112. The number of rotatable bonds is 49. The van der Waals surface area contributed by atoms with Gasteiger partial charge in [-0.2, -0.15) is 0 Å². The van der Waals surface area contributed by atoms with Gasteiger partial charge in [-0.3, -0.25) is 10.2 Å². The molecule has 0 saturated heterocycles. The molecular weight excluding hydrogens is 801 g/mol. The number of hydrogen-bond acceptors (Lipinski definition) is 11. The Hall–Kier alpha value is -1.22. The smallest absolute Gasteiger partial charge is 0.230 e. The molecule has 63 heavy (non-hydrogen) atoms. The highest BCUT2D eigenvalue weighted by atomic mass is 16.5. The number of aliphatic hydroxyl groups excluding tert-OH is 4. The van der Waals surface area contributed by atoms with Gasteiger partial charge in [-0.15, -0.1) is 0 Å². The average molecular weight is 907 g/mol. The van der Waals surface area contributed by atoms with Gasteiger partial charge >= 0.3 is 0 Å². The highest BCUT2D eigenvalue weighted by molar-refractivity contribution is 5.71. The highest BCUT2D eigenvalue weighted by Crippen LogP contribution is 2.15. The molecule has 0 radical (unpaired) electrons. The molecule has 0 saturated carbocycles. The van der Waals surface area contributed by atoms with Crippen LogP contribution in [-0.2, 0) is 28.5 Å². The van der Waals surface area contributed by atoms with Gasteiger partial charge in [0.2, 0.25) is 5.91 Å². The molecule has 12 heteroatoms. The van der Waals surface area contributed by atoms with Crippen molar-refractivity contribution in [2.45, 2.75) is 257 Å². The van der Waals surface area contributed by atoms with Crippen LogP contribution in [-0.4, -0.2) is 110 Å². The molecule has 0 aromatic rings. The zero-order valence-corrected chi connectivity index (χ0v) is 41.5. The largest absolute Gasteiger partial charge is 0.394 e. The van der Waals surface area contributed by atoms with E-state index < -0.39 is 6.10 Å². The van der Waals surface area contributed by atoms with Gasteiger partial charge in [0.25, 0.3) is 0 Å². The Morgan fingerprint density at radius 1 is 0.492 bits per heavy atom. The van der Waals surface area contributed by atoms with Crippen LogP contribution in [0.25, 0.3) is 0 Å². The molecule has 0 fully saturated rings. The van der Waals surface area contributed by atoms with Gasteiger partial charge in [0.05, 0.1) is 39.1 Å². The third-order valence-corrected chi connectivity index (χ3v) is 11.1. The van der Waals surface area contributed by atoms with E-state index in [1.807, 2.05) is 5.43 Å². The SMILES string of the molecule is CC(=O)NN.CCCCCCCCCCCCCCCCOCC(CO)OCCCCC(O)CO.CCCCCCCCCCCCCCCCOCC(CO)OCCCCC=O. The Balaban J connectivity index is -0.00000103. The van der Waals surface area contributed by atoms with Gasteiger partial charge in [-0.1, -0.05) is 181 Å². The second kappa shape index (κ2) is 60.8. The van der Waals surface area contributed by atoms with Gasteiger partial charge in [0, 0.05) is 39.8 Å². The first-order valence-corrected chi connectivity index (χ1v) is 26.2. The Kier molecular flexibility index (Phi) is 63.7. The fourth-order valence-electron chi connectivity index (χ4n) is 6.94. The number of hydrazine groups is 1. The van der Waals surface area contributed by atoms with Crippen LogP contribution in [0.2, 0.25) is 0 Å². The molecule has 0 aliphatic rings. The molecule has 7 N–H and O–H groups in total. The van der Waals surface area contributed by atoms with E-state index in [1.165, 1.54) is 174 Å². The highest BCUT2D eigenvalue weighted by Gasteiger charge is 2.09. The summed E-state index contributed by atoms with van der Waals surface area (Å²) in [4.78, 5) is 19.8. The number of ether oxygens (including phenoxy) is 4. The normalized spacial score (nSPS) is 12.5. The number of unbranched alkanes of at least 4 members (excludes halogenated alkanes) is 29. The van der Waals surface area contributed by atoms with Crippen molar-refractivity contribution in [3.8, 4) is 0 Å². The van der Waals surface area contributed by atoms with E-state index in [9.17, 15) is 24.9 Å². The molecule has 0 aliphatic heterocycles. The second-order valence-corrected chi connectivity index (χ2v) is 17.4. The molecule has 3 unspecified atom stereocenters. The number of nitrogens with one attached hydrogen (secondary N) is 1. The molecule has 0 aromatic heterocycles. The number of hydrogen-bond donors (Lipinski definition) is 6. The van der Waals surface area contributed by atoms with Crippen LogP contribution in [0.1, 0.15) is 239 Å². The predicted molar refractivity (Wildman–Crippen MR) is 261 cm³/mol. The van der Waals surface area contributed by atoms with Crippen molar-refractivity contribution in [1.29, 1.82) is 0 Å². The van der Waals surface area contributed by atoms with Gasteiger partial charge < -0.3 is 44.2 Å². The molecule has 0 spiro atoms. The predicted octanol–water partition coefficient (Wildman–Crippen LogP) is 10.6. The van der Waals surface area contributed by atoms with E-state index in [4.69, 9.17) is 24.1 Å². The Morgan fingerprint density at radius 3 is 1.08 bits per heavy atom. The van der Waals surface area contributed by atoms with Crippen LogP contribution in [0.3, 0.4) is 0 Å². The summed E-state index contributed by atoms with van der Waals surface area (Å²) in [5.74, 6) is 4.35. The Labute approximate surface area is 388 Å². The monoisotopic (exact) mass is 907 g/mol. The van der Waals surface area contributed by atoms with Crippen molar-refractivity contribution in [3.63, 3.8) is 0 Å². The van der Waals surface area contributed by atoms with Crippen LogP contribution in [0.5, 0.6) is 0 Å². The zero-order valence-electron chi connectivity index (χ0n) is 41.5. The minimum Gasteiger partial charge on any atom is -0.394 e. The van der Waals surface area contributed by atoms with Crippen molar-refractivity contribution in [2.75, 3.05) is 59.5 Å². The van der Waals surface area contributed by atoms with Crippen LogP contribution < -0.4 is 11.3 Å². The van der Waals surface area contributed by atoms with Crippen molar-refractivity contribution in [3.05, 3.63) is 0 Å². The van der Waals surface area contributed by atoms with Crippen molar-refractivity contribution < 1.29 is 49.0 Å². The summed E-state index contributed by atoms with van der Waals surface area (Å²) in [7, 11) is 0. The summed E-state index contributed by atoms with van der Waals surface area (Å²) in [6, 6.07) is 0. The minimum atomic E-state index is -0.632. The average Bonchev–Trinajstić information content (AvgIpc) is 3.29. The first kappa shape index (κ1) is 66.1. The van der Waals surface area contributed by atoms with Crippen LogP contribution >= 0.6 is 0 Å². The molecular formula is C51H106N2O10. The summed E-state index contributed by atoms with van der Waals surface area (Å²) < 4.78 is 22.5. The lowest BCUT2D eigenvalue weighted by molar-refractivity contribution is -0.119. The van der Waals surface area contributed by atoms with Crippen LogP contribution in [0.4, 0.5) is 0 Å². The lowest BCUT2D eigenvalue weighted by Gasteiger charge is -2.16. The zero-order chi connectivity index (χ0) is 47.0. The second-order valence-electron chi connectivity index (χ2n) is 17.4. The molecule has 12 nitrogen and oxygen atoms in total. The molecule has 0 aliphatic carbocycles. The van der Waals surface area contributed by atoms with E-state index in [-0.39, 0.29) is 37.9 Å². The lowest BCUT2D eigenvalue weighted by Crippen LogP contribution is -2.26. The maximum absolute atomic E-state index is 10.2. The number of aliphatic hydroxyl groups is 4. The van der Waals surface area contributed by atoms with E-state index in [2.05, 4.69) is 19.7 Å². The fraction of sp³-hybridized carbons (Fsp3) is 0.961. The van der Waals surface area contributed by atoms with Crippen molar-refractivity contribution >= 4 is 12.2 Å². The van der Waals surface area contributed by atoms with Gasteiger partial charge in [0.1, 0.15) is 18.5 Å². The number of aldehydes is 1. The van der Waals surface area contributed by atoms with Gasteiger partial charge in [0.15, 0.2) is 0 Å². The lowest BCUT2D eigenvalue weighted by atomic mass is 10.0. The van der Waals surface area contributed by atoms with E-state index in [1.54, 1.807) is 0 Å². The molecule has 1 amide bonds. The Morgan fingerprint density at radius 2 is 0.794 bits per heavy atom. The first-order valence-electron chi connectivity index (χ1n) is 26.2. The maximum Gasteiger partial charge on any atom is 0.230 e. The third kappa shape index (κ3) is 62.9. The number of carbonyl (C=O) groups excluding carboxylic acids is 2. The summed E-state index contributed by atoms with van der Waals surface area (Å²) in [6.45, 7) is 9.19. The molecule has 0 bridgehead atoms. The van der Waals surface area contributed by atoms with E-state index >= 15 is 0 Å². The Bertz CT molecular complexity index is 844. The van der Waals surface area contributed by atoms with Crippen molar-refractivity contribution in [1.82, 2.24) is 5.43 Å². The molecule has 0 heterocycles. The van der Waals surface area contributed by atoms with Crippen molar-refractivity contribution in [2.24, 2.45) is 5.84 Å². The number of carbonyl (C=O) groups is 2. The van der Waals surface area contributed by atoms with Crippen LogP contribution in [0.15, 0.2) is 0 Å². The first-order chi connectivity index (χ1) is 30.9. The van der Waals surface area contributed by atoms with E-state index in [0.717, 1.165) is 58.0 Å². The summed E-state index contributed by atoms with van der Waals surface area (Å²) in [5.41, 5.74) is 1.89. The molecule has 0 rings (SSSR count). The minimum absolute atomic E-state index is 0.00752. The topological polar surface area (TPSA) is 190 Å². The fourth-order valence-corrected chi connectivity index (χ4v) is 6.94. The van der Waals surface area contributed by atoms with Gasteiger partial charge in [-0.25, -0.2) is 5.84 Å². The molecule has 380 valence electrons. The van der Waals surface area contributed by atoms with E-state index in [0.29, 0.717) is 39.3 Å².